The molecule has 0 aliphatic carbocycles. The van der Waals surface area contributed by atoms with Crippen molar-refractivity contribution in [3.8, 4) is 0 Å². The predicted octanol–water partition coefficient (Wildman–Crippen LogP) is 5.05. The van der Waals surface area contributed by atoms with Gasteiger partial charge in [-0.15, -0.1) is 0 Å². The Labute approximate surface area is 203 Å². The van der Waals surface area contributed by atoms with Gasteiger partial charge in [0.25, 0.3) is 11.2 Å². The molecule has 4 aromatic rings. The molecule has 4 rings (SSSR count). The average Bonchev–Trinajstić information content (AvgIpc) is 2.82. The quantitative estimate of drug-likeness (QED) is 0.167. The van der Waals surface area contributed by atoms with Crippen molar-refractivity contribution in [3.05, 3.63) is 103 Å². The first-order valence-corrected chi connectivity index (χ1v) is 11.6. The molecule has 1 amide bonds. The summed E-state index contributed by atoms with van der Waals surface area (Å²) in [5.41, 5.74) is 2.51. The number of nitro benzene ring substituents is 1. The second-order valence-electron chi connectivity index (χ2n) is 7.55. The number of benzene rings is 3. The van der Waals surface area contributed by atoms with E-state index in [0.29, 0.717) is 22.6 Å². The summed E-state index contributed by atoms with van der Waals surface area (Å²) in [5, 5.41) is 14.5. The van der Waals surface area contributed by atoms with Crippen LogP contribution in [-0.4, -0.2) is 26.1 Å². The maximum absolute atomic E-state index is 13.2. The number of anilines is 1. The number of aryl methyl sites for hydroxylation is 1. The summed E-state index contributed by atoms with van der Waals surface area (Å²) in [7, 11) is 0. The minimum atomic E-state index is -0.563. The van der Waals surface area contributed by atoms with E-state index in [4.69, 9.17) is 11.6 Å². The van der Waals surface area contributed by atoms with Gasteiger partial charge in [-0.25, -0.2) is 4.98 Å². The fourth-order valence-electron chi connectivity index (χ4n) is 3.31. The number of amides is 1. The van der Waals surface area contributed by atoms with E-state index in [9.17, 15) is 19.7 Å². The molecule has 0 atom stereocenters. The zero-order chi connectivity index (χ0) is 24.2. The lowest BCUT2D eigenvalue weighted by atomic mass is 10.1. The molecule has 8 nitrogen and oxygen atoms in total. The number of hydrogen-bond acceptors (Lipinski definition) is 6. The van der Waals surface area contributed by atoms with E-state index in [2.05, 4.69) is 10.3 Å². The summed E-state index contributed by atoms with van der Waals surface area (Å²) in [5.74, 6) is -0.420. The van der Waals surface area contributed by atoms with Gasteiger partial charge in [-0.3, -0.25) is 24.3 Å². The minimum absolute atomic E-state index is 0.0357. The molecule has 0 saturated carbocycles. The van der Waals surface area contributed by atoms with Crippen LogP contribution in [0.3, 0.4) is 0 Å². The number of non-ortho nitro benzene ring substituents is 1. The van der Waals surface area contributed by atoms with Gasteiger partial charge in [-0.1, -0.05) is 65.3 Å². The Morgan fingerprint density at radius 1 is 1.15 bits per heavy atom. The Bertz CT molecular complexity index is 1450. The third kappa shape index (κ3) is 5.27. The van der Waals surface area contributed by atoms with Gasteiger partial charge in [0.05, 0.1) is 38.8 Å². The molecule has 34 heavy (non-hydrogen) atoms. The average molecular weight is 495 g/mol. The fourth-order valence-corrected chi connectivity index (χ4v) is 4.33. The molecular weight excluding hydrogens is 476 g/mol. The number of nitro groups is 1. The van der Waals surface area contributed by atoms with E-state index < -0.39 is 4.92 Å². The Balaban J connectivity index is 1.58. The molecule has 3 aromatic carbocycles. The molecule has 0 spiro atoms. The molecule has 0 aliphatic rings. The fraction of sp³-hybridized carbons (Fsp3) is 0.125. The van der Waals surface area contributed by atoms with Crippen LogP contribution in [0.15, 0.2) is 76.7 Å². The van der Waals surface area contributed by atoms with E-state index in [1.165, 1.54) is 18.2 Å². The Morgan fingerprint density at radius 3 is 2.59 bits per heavy atom. The number of carbonyl (C=O) groups is 1. The van der Waals surface area contributed by atoms with Crippen molar-refractivity contribution < 1.29 is 9.72 Å². The maximum atomic E-state index is 13.2. The molecule has 0 radical (unpaired) electrons. The van der Waals surface area contributed by atoms with Crippen molar-refractivity contribution >= 4 is 51.5 Å². The topological polar surface area (TPSA) is 107 Å². The number of halogens is 1. The van der Waals surface area contributed by atoms with Crippen molar-refractivity contribution in [1.82, 2.24) is 9.55 Å². The second-order valence-corrected chi connectivity index (χ2v) is 8.90. The highest BCUT2D eigenvalue weighted by molar-refractivity contribution is 7.99. The molecule has 10 heteroatoms. The summed E-state index contributed by atoms with van der Waals surface area (Å²) in [6.07, 6.45) is 0. The smallest absolute Gasteiger partial charge is 0.271 e. The third-order valence-electron chi connectivity index (χ3n) is 5.06. The van der Waals surface area contributed by atoms with Crippen LogP contribution in [0.1, 0.15) is 11.1 Å². The zero-order valence-corrected chi connectivity index (χ0v) is 19.6. The highest BCUT2D eigenvalue weighted by atomic mass is 35.5. The molecule has 0 unspecified atom stereocenters. The number of nitrogens with one attached hydrogen (secondary N) is 1. The molecule has 0 aliphatic heterocycles. The molecule has 0 fully saturated rings. The van der Waals surface area contributed by atoms with Crippen LogP contribution in [0, 0.1) is 17.0 Å². The number of thioether (sulfide) groups is 1. The van der Waals surface area contributed by atoms with Gasteiger partial charge in [-0.2, -0.15) is 0 Å². The second kappa shape index (κ2) is 10.1. The van der Waals surface area contributed by atoms with Crippen molar-refractivity contribution in [2.75, 3.05) is 11.1 Å². The molecule has 1 aromatic heterocycles. The van der Waals surface area contributed by atoms with Gasteiger partial charge < -0.3 is 5.32 Å². The number of aromatic nitrogens is 2. The summed E-state index contributed by atoms with van der Waals surface area (Å²) < 4.78 is 1.56. The lowest BCUT2D eigenvalue weighted by molar-refractivity contribution is -0.384. The van der Waals surface area contributed by atoms with Crippen LogP contribution in [-0.2, 0) is 11.3 Å². The maximum Gasteiger partial charge on any atom is 0.271 e. The number of rotatable bonds is 7. The summed E-state index contributed by atoms with van der Waals surface area (Å²) in [4.78, 5) is 40.7. The number of nitrogens with zero attached hydrogens (tertiary/aromatic N) is 3. The minimum Gasteiger partial charge on any atom is -0.324 e. The summed E-state index contributed by atoms with van der Waals surface area (Å²) in [6.45, 7) is 2.31. The van der Waals surface area contributed by atoms with Gasteiger partial charge in [0.2, 0.25) is 5.91 Å². The number of para-hydroxylation sites is 1. The first-order chi connectivity index (χ1) is 16.3. The Hall–Kier alpha value is -3.69. The van der Waals surface area contributed by atoms with Crippen LogP contribution >= 0.6 is 23.4 Å². The monoisotopic (exact) mass is 494 g/mol. The highest BCUT2D eigenvalue weighted by Crippen LogP contribution is 2.27. The number of fused-ring (bicyclic) bond motifs is 1. The van der Waals surface area contributed by atoms with Crippen LogP contribution in [0.4, 0.5) is 11.4 Å². The van der Waals surface area contributed by atoms with E-state index >= 15 is 0 Å². The van der Waals surface area contributed by atoms with Gasteiger partial charge >= 0.3 is 0 Å². The molecule has 0 saturated heterocycles. The Kier molecular flexibility index (Phi) is 6.95. The molecule has 172 valence electrons. The lowest BCUT2D eigenvalue weighted by Gasteiger charge is -2.14. The van der Waals surface area contributed by atoms with Crippen molar-refractivity contribution in [3.63, 3.8) is 0 Å². The van der Waals surface area contributed by atoms with Gasteiger partial charge in [-0.05, 0) is 30.7 Å². The number of carbonyl (C=O) groups excluding carboxylic acids is 1. The van der Waals surface area contributed by atoms with E-state index in [1.54, 1.807) is 28.8 Å². The van der Waals surface area contributed by atoms with Gasteiger partial charge in [0.1, 0.15) is 0 Å². The lowest BCUT2D eigenvalue weighted by Crippen LogP contribution is -2.25. The SMILES string of the molecule is Cc1ccc(Cn2c(SCC(=O)Nc3ccc([N+](=O)[O-])cc3Cl)nc3ccccc3c2=O)cc1. The van der Waals surface area contributed by atoms with Crippen molar-refractivity contribution in [1.29, 1.82) is 0 Å². The zero-order valence-electron chi connectivity index (χ0n) is 18.0. The first kappa shape index (κ1) is 23.5. The van der Waals surface area contributed by atoms with Crippen LogP contribution in [0.25, 0.3) is 10.9 Å². The van der Waals surface area contributed by atoms with Crippen molar-refractivity contribution in [2.24, 2.45) is 0 Å². The highest BCUT2D eigenvalue weighted by Gasteiger charge is 2.15. The predicted molar refractivity (Wildman–Crippen MR) is 134 cm³/mol. The normalized spacial score (nSPS) is 10.9. The largest absolute Gasteiger partial charge is 0.324 e. The summed E-state index contributed by atoms with van der Waals surface area (Å²) >= 11 is 7.19. The summed E-state index contributed by atoms with van der Waals surface area (Å²) in [6, 6.07) is 18.8. The van der Waals surface area contributed by atoms with Crippen LogP contribution in [0.5, 0.6) is 0 Å². The van der Waals surface area contributed by atoms with Crippen LogP contribution in [0.2, 0.25) is 5.02 Å². The van der Waals surface area contributed by atoms with Gasteiger partial charge in [0, 0.05) is 12.1 Å². The Morgan fingerprint density at radius 2 is 1.88 bits per heavy atom. The number of hydrogen-bond donors (Lipinski definition) is 1. The standard InChI is InChI=1S/C24H19ClN4O4S/c1-15-6-8-16(9-7-15)13-28-23(31)18-4-2-3-5-20(18)27-24(28)34-14-22(30)26-21-11-10-17(29(32)33)12-19(21)25/h2-12H,13-14H2,1H3,(H,26,30). The van der Waals surface area contributed by atoms with Crippen molar-refractivity contribution in [2.45, 2.75) is 18.6 Å². The molecule has 1 N–H and O–H groups in total. The molecule has 1 heterocycles. The first-order valence-electron chi connectivity index (χ1n) is 10.2. The van der Waals surface area contributed by atoms with E-state index in [-0.39, 0.29) is 33.6 Å². The van der Waals surface area contributed by atoms with Crippen LogP contribution < -0.4 is 10.9 Å². The van der Waals surface area contributed by atoms with Gasteiger partial charge in [0.15, 0.2) is 5.16 Å². The third-order valence-corrected chi connectivity index (χ3v) is 6.35. The molecule has 0 bridgehead atoms. The van der Waals surface area contributed by atoms with E-state index in [1.807, 2.05) is 31.2 Å². The van der Waals surface area contributed by atoms with E-state index in [0.717, 1.165) is 22.9 Å². The molecular formula is C24H19ClN4O4S.